The third-order valence-corrected chi connectivity index (χ3v) is 3.34. The summed E-state index contributed by atoms with van der Waals surface area (Å²) < 4.78 is 6.74. The molecule has 1 heterocycles. The molecule has 21 heavy (non-hydrogen) atoms. The van der Waals surface area contributed by atoms with E-state index in [9.17, 15) is 4.79 Å². The van der Waals surface area contributed by atoms with E-state index >= 15 is 0 Å². The van der Waals surface area contributed by atoms with Crippen LogP contribution in [-0.4, -0.2) is 33.3 Å². The molecule has 1 aromatic heterocycles. The number of Topliss-reactive ketones (excluding diaryl/α,β-unsaturated/α-hetero) is 1. The average molecular weight is 285 g/mol. The molecular weight excluding hydrogens is 266 g/mol. The van der Waals surface area contributed by atoms with Crippen LogP contribution in [0.5, 0.6) is 0 Å². The van der Waals surface area contributed by atoms with Crippen molar-refractivity contribution in [3.8, 4) is 0 Å². The molecule has 0 saturated carbocycles. The molecule has 0 amide bonds. The fourth-order valence-corrected chi connectivity index (χ4v) is 1.79. The fourth-order valence-electron chi connectivity index (χ4n) is 1.79. The van der Waals surface area contributed by atoms with Crippen LogP contribution in [0.15, 0.2) is 36.9 Å². The van der Waals surface area contributed by atoms with Crippen LogP contribution in [-0.2, 0) is 9.53 Å². The van der Waals surface area contributed by atoms with Gasteiger partial charge in [-0.05, 0) is 32.4 Å². The van der Waals surface area contributed by atoms with E-state index in [-0.39, 0.29) is 5.78 Å². The predicted molar refractivity (Wildman–Crippen MR) is 81.5 cm³/mol. The maximum atomic E-state index is 12.7. The summed E-state index contributed by atoms with van der Waals surface area (Å²) in [7, 11) is 1.52. The summed E-state index contributed by atoms with van der Waals surface area (Å²) in [5.74, 6) is -0.156. The van der Waals surface area contributed by atoms with E-state index in [1.165, 1.54) is 24.4 Å². The summed E-state index contributed by atoms with van der Waals surface area (Å²) in [4.78, 5) is 16.6. The lowest BCUT2D eigenvalue weighted by Crippen LogP contribution is -2.35. The molecule has 0 atom stereocenters. The SMILES string of the molecule is COC(C)(C)C(=O)/C(=C/c1ccc(C)cc1)n1cncn1. The summed E-state index contributed by atoms with van der Waals surface area (Å²) in [6, 6.07) is 7.91. The second-order valence-electron chi connectivity index (χ2n) is 5.32. The molecule has 0 N–H and O–H groups in total. The van der Waals surface area contributed by atoms with Crippen molar-refractivity contribution in [2.45, 2.75) is 26.4 Å². The lowest BCUT2D eigenvalue weighted by molar-refractivity contribution is -0.131. The van der Waals surface area contributed by atoms with Crippen molar-refractivity contribution >= 4 is 17.6 Å². The van der Waals surface area contributed by atoms with E-state index in [0.717, 1.165) is 11.1 Å². The third-order valence-electron chi connectivity index (χ3n) is 3.34. The Labute approximate surface area is 124 Å². The first-order valence-corrected chi connectivity index (χ1v) is 6.67. The largest absolute Gasteiger partial charge is 0.371 e. The summed E-state index contributed by atoms with van der Waals surface area (Å²) in [5.41, 5.74) is 1.58. The highest BCUT2D eigenvalue weighted by Crippen LogP contribution is 2.20. The normalized spacial score (nSPS) is 12.5. The van der Waals surface area contributed by atoms with Gasteiger partial charge in [0.05, 0.1) is 0 Å². The van der Waals surface area contributed by atoms with Crippen molar-refractivity contribution in [2.24, 2.45) is 0 Å². The maximum absolute atomic E-state index is 12.7. The highest BCUT2D eigenvalue weighted by molar-refractivity contribution is 6.23. The summed E-state index contributed by atoms with van der Waals surface area (Å²) in [6.45, 7) is 5.48. The molecule has 0 aliphatic carbocycles. The van der Waals surface area contributed by atoms with E-state index in [0.29, 0.717) is 5.70 Å². The van der Waals surface area contributed by atoms with Crippen molar-refractivity contribution in [1.29, 1.82) is 0 Å². The van der Waals surface area contributed by atoms with Crippen LogP contribution >= 0.6 is 0 Å². The van der Waals surface area contributed by atoms with Crippen LogP contribution in [0.25, 0.3) is 11.8 Å². The Bertz CT molecular complexity index is 641. The van der Waals surface area contributed by atoms with Crippen LogP contribution < -0.4 is 0 Å². The maximum Gasteiger partial charge on any atom is 0.212 e. The molecule has 0 fully saturated rings. The van der Waals surface area contributed by atoms with Gasteiger partial charge in [0.1, 0.15) is 24.0 Å². The van der Waals surface area contributed by atoms with E-state index < -0.39 is 5.60 Å². The zero-order valence-electron chi connectivity index (χ0n) is 12.7. The van der Waals surface area contributed by atoms with Crippen molar-refractivity contribution in [1.82, 2.24) is 14.8 Å². The molecule has 0 aliphatic rings. The molecule has 2 rings (SSSR count). The first-order chi connectivity index (χ1) is 9.94. The number of ketones is 1. The molecule has 0 aliphatic heterocycles. The Morgan fingerprint density at radius 3 is 2.48 bits per heavy atom. The zero-order chi connectivity index (χ0) is 15.5. The first kappa shape index (κ1) is 15.1. The smallest absolute Gasteiger partial charge is 0.212 e. The Hall–Kier alpha value is -2.27. The lowest BCUT2D eigenvalue weighted by atomic mass is 9.99. The quantitative estimate of drug-likeness (QED) is 0.792. The van der Waals surface area contributed by atoms with Gasteiger partial charge in [-0.3, -0.25) is 4.79 Å². The highest BCUT2D eigenvalue weighted by Gasteiger charge is 2.31. The highest BCUT2D eigenvalue weighted by atomic mass is 16.5. The average Bonchev–Trinajstić information content (AvgIpc) is 3.00. The predicted octanol–water partition coefficient (Wildman–Crippen LogP) is 2.58. The van der Waals surface area contributed by atoms with Crippen molar-refractivity contribution < 1.29 is 9.53 Å². The molecule has 1 aromatic carbocycles. The standard InChI is InChI=1S/C16H19N3O2/c1-12-5-7-13(8-6-12)9-14(19-11-17-10-18-19)15(20)16(2,3)21-4/h5-11H,1-4H3/b14-9-. The minimum absolute atomic E-state index is 0.156. The van der Waals surface area contributed by atoms with Crippen LogP contribution in [0, 0.1) is 6.92 Å². The molecular formula is C16H19N3O2. The molecule has 0 radical (unpaired) electrons. The fraction of sp³-hybridized carbons (Fsp3) is 0.312. The lowest BCUT2D eigenvalue weighted by Gasteiger charge is -2.22. The van der Waals surface area contributed by atoms with E-state index in [1.54, 1.807) is 19.9 Å². The van der Waals surface area contributed by atoms with Gasteiger partial charge < -0.3 is 4.74 Å². The number of nitrogens with zero attached hydrogens (tertiary/aromatic N) is 3. The minimum Gasteiger partial charge on any atom is -0.371 e. The topological polar surface area (TPSA) is 57.0 Å². The Balaban J connectivity index is 2.47. The number of ether oxygens (including phenoxy) is 1. The number of hydrogen-bond acceptors (Lipinski definition) is 4. The third kappa shape index (κ3) is 3.44. The zero-order valence-corrected chi connectivity index (χ0v) is 12.7. The molecule has 0 bridgehead atoms. The molecule has 0 spiro atoms. The van der Waals surface area contributed by atoms with Gasteiger partial charge in [-0.25, -0.2) is 9.67 Å². The molecule has 2 aromatic rings. The van der Waals surface area contributed by atoms with Gasteiger partial charge in [-0.15, -0.1) is 0 Å². The summed E-state index contributed by atoms with van der Waals surface area (Å²) in [6.07, 6.45) is 4.69. The monoisotopic (exact) mass is 285 g/mol. The second kappa shape index (κ2) is 6.01. The number of hydrogen-bond donors (Lipinski definition) is 0. The van der Waals surface area contributed by atoms with Gasteiger partial charge in [-0.2, -0.15) is 5.10 Å². The van der Waals surface area contributed by atoms with Crippen molar-refractivity contribution in [3.05, 3.63) is 48.0 Å². The summed E-state index contributed by atoms with van der Waals surface area (Å²) >= 11 is 0. The molecule has 0 unspecified atom stereocenters. The molecule has 0 saturated heterocycles. The second-order valence-corrected chi connectivity index (χ2v) is 5.32. The number of methoxy groups -OCH3 is 1. The van der Waals surface area contributed by atoms with Gasteiger partial charge in [0.25, 0.3) is 0 Å². The van der Waals surface area contributed by atoms with E-state index in [4.69, 9.17) is 4.74 Å². The Morgan fingerprint density at radius 1 is 1.29 bits per heavy atom. The molecule has 5 heteroatoms. The number of aryl methyl sites for hydroxylation is 1. The van der Waals surface area contributed by atoms with Gasteiger partial charge in [0, 0.05) is 7.11 Å². The van der Waals surface area contributed by atoms with Gasteiger partial charge in [0.15, 0.2) is 0 Å². The van der Waals surface area contributed by atoms with Crippen LogP contribution in [0.3, 0.4) is 0 Å². The molecule has 5 nitrogen and oxygen atoms in total. The van der Waals surface area contributed by atoms with Crippen molar-refractivity contribution in [3.63, 3.8) is 0 Å². The number of benzene rings is 1. The number of rotatable bonds is 5. The summed E-state index contributed by atoms with van der Waals surface area (Å²) in [5, 5.41) is 4.06. The Kier molecular flexibility index (Phi) is 4.33. The van der Waals surface area contributed by atoms with E-state index in [1.807, 2.05) is 31.2 Å². The number of carbonyl (C=O) groups excluding carboxylic acids is 1. The minimum atomic E-state index is -0.928. The van der Waals surface area contributed by atoms with Gasteiger partial charge >= 0.3 is 0 Å². The number of aromatic nitrogens is 3. The van der Waals surface area contributed by atoms with Crippen LogP contribution in [0.1, 0.15) is 25.0 Å². The van der Waals surface area contributed by atoms with Gasteiger partial charge in [0.2, 0.25) is 5.78 Å². The van der Waals surface area contributed by atoms with Crippen molar-refractivity contribution in [2.75, 3.05) is 7.11 Å². The van der Waals surface area contributed by atoms with Crippen LogP contribution in [0.2, 0.25) is 0 Å². The Morgan fingerprint density at radius 2 is 1.95 bits per heavy atom. The van der Waals surface area contributed by atoms with Gasteiger partial charge in [-0.1, -0.05) is 29.8 Å². The number of carbonyl (C=O) groups is 1. The van der Waals surface area contributed by atoms with Crippen LogP contribution in [0.4, 0.5) is 0 Å². The van der Waals surface area contributed by atoms with E-state index in [2.05, 4.69) is 10.1 Å². The first-order valence-electron chi connectivity index (χ1n) is 6.67. The molecule has 110 valence electrons.